The van der Waals surface area contributed by atoms with Gasteiger partial charge in [-0.25, -0.2) is 0 Å². The van der Waals surface area contributed by atoms with E-state index < -0.39 is 0 Å². The second-order valence-corrected chi connectivity index (χ2v) is 6.81. The lowest BCUT2D eigenvalue weighted by Gasteiger charge is -2.24. The van der Waals surface area contributed by atoms with Gasteiger partial charge in [0.1, 0.15) is 5.69 Å². The van der Waals surface area contributed by atoms with Gasteiger partial charge in [0.25, 0.3) is 5.69 Å². The Morgan fingerprint density at radius 1 is 1.05 bits per heavy atom. The first-order chi connectivity index (χ1) is 9.70. The van der Waals surface area contributed by atoms with Gasteiger partial charge in [0.15, 0.2) is 0 Å². The zero-order valence-corrected chi connectivity index (χ0v) is 14.1. The molecule has 0 bridgehead atoms. The molecule has 0 spiro atoms. The number of benzene rings is 1. The fourth-order valence-electron chi connectivity index (χ4n) is 2.64. The average Bonchev–Trinajstić information content (AvgIpc) is 2.31. The number of hydrogen-bond acceptors (Lipinski definition) is 3. The molecular formula is C17H28N2O2. The maximum absolute atomic E-state index is 11.3. The number of nitro groups is 1. The smallest absolute Gasteiger partial charge is 0.292 e. The van der Waals surface area contributed by atoms with Gasteiger partial charge >= 0.3 is 0 Å². The maximum Gasteiger partial charge on any atom is 0.292 e. The molecule has 1 aromatic carbocycles. The molecule has 4 nitrogen and oxygen atoms in total. The van der Waals surface area contributed by atoms with Crippen molar-refractivity contribution in [1.29, 1.82) is 0 Å². The highest BCUT2D eigenvalue weighted by atomic mass is 16.6. The number of aryl methyl sites for hydroxylation is 2. The lowest BCUT2D eigenvalue weighted by molar-refractivity contribution is -0.384. The van der Waals surface area contributed by atoms with E-state index >= 15 is 0 Å². The molecular weight excluding hydrogens is 264 g/mol. The molecule has 0 unspecified atom stereocenters. The molecule has 21 heavy (non-hydrogen) atoms. The van der Waals surface area contributed by atoms with Crippen LogP contribution in [-0.4, -0.2) is 11.0 Å². The monoisotopic (exact) mass is 292 g/mol. The van der Waals surface area contributed by atoms with Crippen molar-refractivity contribution < 1.29 is 4.92 Å². The second kappa shape index (κ2) is 7.43. The third-order valence-electron chi connectivity index (χ3n) is 3.68. The molecule has 1 rings (SSSR count). The molecule has 0 aliphatic heterocycles. The normalized spacial score (nSPS) is 11.5. The van der Waals surface area contributed by atoms with Gasteiger partial charge in [-0.05, 0) is 55.7 Å². The van der Waals surface area contributed by atoms with Gasteiger partial charge in [0.05, 0.1) is 4.92 Å². The Labute approximate surface area is 128 Å². The summed E-state index contributed by atoms with van der Waals surface area (Å²) in [6, 6.07) is 3.84. The van der Waals surface area contributed by atoms with Crippen LogP contribution in [0.5, 0.6) is 0 Å². The molecule has 0 atom stereocenters. The minimum atomic E-state index is -0.295. The topological polar surface area (TPSA) is 55.2 Å². The van der Waals surface area contributed by atoms with E-state index in [2.05, 4.69) is 33.0 Å². The predicted octanol–water partition coefficient (Wildman–Crippen LogP) is 5.08. The van der Waals surface area contributed by atoms with E-state index in [0.717, 1.165) is 24.0 Å². The largest absolute Gasteiger partial charge is 0.377 e. The van der Waals surface area contributed by atoms with Crippen LogP contribution in [0, 0.1) is 35.8 Å². The van der Waals surface area contributed by atoms with Crippen molar-refractivity contribution in [3.63, 3.8) is 0 Å². The number of rotatable bonds is 7. The van der Waals surface area contributed by atoms with Gasteiger partial charge in [-0.3, -0.25) is 10.1 Å². The fourth-order valence-corrected chi connectivity index (χ4v) is 2.64. The highest BCUT2D eigenvalue weighted by molar-refractivity contribution is 5.64. The van der Waals surface area contributed by atoms with Crippen molar-refractivity contribution in [3.8, 4) is 0 Å². The van der Waals surface area contributed by atoms with Gasteiger partial charge < -0.3 is 5.32 Å². The van der Waals surface area contributed by atoms with Crippen molar-refractivity contribution in [3.05, 3.63) is 33.4 Å². The molecule has 1 N–H and O–H groups in total. The van der Waals surface area contributed by atoms with Crippen LogP contribution in [0.4, 0.5) is 11.4 Å². The van der Waals surface area contributed by atoms with E-state index in [1.807, 2.05) is 19.9 Å². The number of nitrogens with one attached hydrogen (secondary N) is 1. The van der Waals surface area contributed by atoms with Crippen LogP contribution in [0.15, 0.2) is 12.1 Å². The maximum atomic E-state index is 11.3. The fraction of sp³-hybridized carbons (Fsp3) is 0.647. The molecule has 0 aliphatic carbocycles. The first-order valence-corrected chi connectivity index (χ1v) is 7.72. The second-order valence-electron chi connectivity index (χ2n) is 6.81. The minimum Gasteiger partial charge on any atom is -0.377 e. The third kappa shape index (κ3) is 5.37. The molecule has 118 valence electrons. The Morgan fingerprint density at radius 3 is 1.95 bits per heavy atom. The van der Waals surface area contributed by atoms with E-state index in [0.29, 0.717) is 17.5 Å². The quantitative estimate of drug-likeness (QED) is 0.563. The summed E-state index contributed by atoms with van der Waals surface area (Å²) in [6.07, 6.45) is 2.03. The van der Waals surface area contributed by atoms with Crippen molar-refractivity contribution in [2.75, 3.05) is 5.32 Å². The summed E-state index contributed by atoms with van der Waals surface area (Å²) >= 11 is 0. The highest BCUT2D eigenvalue weighted by Gasteiger charge is 2.20. The van der Waals surface area contributed by atoms with Crippen LogP contribution in [0.1, 0.15) is 51.7 Å². The van der Waals surface area contributed by atoms with E-state index in [-0.39, 0.29) is 16.7 Å². The Hall–Kier alpha value is -1.58. The molecule has 0 aliphatic rings. The molecule has 4 heteroatoms. The van der Waals surface area contributed by atoms with Crippen molar-refractivity contribution in [2.45, 2.75) is 60.4 Å². The lowest BCUT2D eigenvalue weighted by atomic mass is 9.95. The molecule has 0 saturated heterocycles. The molecule has 0 heterocycles. The van der Waals surface area contributed by atoms with Crippen LogP contribution >= 0.6 is 0 Å². The van der Waals surface area contributed by atoms with E-state index in [1.165, 1.54) is 0 Å². The van der Waals surface area contributed by atoms with Crippen LogP contribution in [-0.2, 0) is 0 Å². The summed E-state index contributed by atoms with van der Waals surface area (Å²) in [5.41, 5.74) is 2.86. The number of nitrogens with zero attached hydrogens (tertiary/aromatic N) is 1. The van der Waals surface area contributed by atoms with Gasteiger partial charge in [-0.15, -0.1) is 0 Å². The molecule has 0 saturated carbocycles. The number of nitro benzene ring substituents is 1. The van der Waals surface area contributed by atoms with Gasteiger partial charge in [-0.1, -0.05) is 27.7 Å². The first-order valence-electron chi connectivity index (χ1n) is 7.72. The Morgan fingerprint density at radius 2 is 1.52 bits per heavy atom. The minimum absolute atomic E-state index is 0.176. The summed E-state index contributed by atoms with van der Waals surface area (Å²) in [5, 5.41) is 14.7. The number of hydrogen-bond donors (Lipinski definition) is 1. The van der Waals surface area contributed by atoms with Gasteiger partial charge in [0.2, 0.25) is 0 Å². The van der Waals surface area contributed by atoms with Crippen LogP contribution in [0.3, 0.4) is 0 Å². The standard InChI is InChI=1S/C17H28N2O2/c1-11(2)7-15(8-12(3)4)18-16-9-13(5)14(6)10-17(16)19(20)21/h9-12,15,18H,7-8H2,1-6H3. The first kappa shape index (κ1) is 17.5. The van der Waals surface area contributed by atoms with E-state index in [9.17, 15) is 10.1 Å². The SMILES string of the molecule is Cc1cc(NC(CC(C)C)CC(C)C)c([N+](=O)[O-])cc1C. The van der Waals surface area contributed by atoms with Crippen molar-refractivity contribution >= 4 is 11.4 Å². The molecule has 0 radical (unpaired) electrons. The van der Waals surface area contributed by atoms with Crippen LogP contribution < -0.4 is 5.32 Å². The van der Waals surface area contributed by atoms with Crippen LogP contribution in [0.2, 0.25) is 0 Å². The number of anilines is 1. The molecule has 0 amide bonds. The van der Waals surface area contributed by atoms with Crippen molar-refractivity contribution in [1.82, 2.24) is 0 Å². The summed E-state index contributed by atoms with van der Waals surface area (Å²) in [5.74, 6) is 1.12. The lowest BCUT2D eigenvalue weighted by Crippen LogP contribution is -2.24. The third-order valence-corrected chi connectivity index (χ3v) is 3.68. The van der Waals surface area contributed by atoms with Gasteiger partial charge in [-0.2, -0.15) is 0 Å². The average molecular weight is 292 g/mol. The Bertz CT molecular complexity index is 486. The predicted molar refractivity (Wildman–Crippen MR) is 88.9 cm³/mol. The van der Waals surface area contributed by atoms with Crippen LogP contribution in [0.25, 0.3) is 0 Å². The molecule has 1 aromatic rings. The summed E-state index contributed by atoms with van der Waals surface area (Å²) in [4.78, 5) is 11.0. The Balaban J connectivity index is 3.06. The van der Waals surface area contributed by atoms with Gasteiger partial charge in [0, 0.05) is 12.1 Å². The summed E-state index contributed by atoms with van der Waals surface area (Å²) in [6.45, 7) is 12.6. The van der Waals surface area contributed by atoms with E-state index in [1.54, 1.807) is 6.07 Å². The van der Waals surface area contributed by atoms with E-state index in [4.69, 9.17) is 0 Å². The molecule has 0 aromatic heterocycles. The summed E-state index contributed by atoms with van der Waals surface area (Å²) < 4.78 is 0. The summed E-state index contributed by atoms with van der Waals surface area (Å²) in [7, 11) is 0. The zero-order chi connectivity index (χ0) is 16.2. The highest BCUT2D eigenvalue weighted by Crippen LogP contribution is 2.30. The van der Waals surface area contributed by atoms with Crippen molar-refractivity contribution in [2.24, 2.45) is 11.8 Å². The Kier molecular flexibility index (Phi) is 6.19. The zero-order valence-electron chi connectivity index (χ0n) is 14.1. The molecule has 0 fully saturated rings.